The zero-order valence-corrected chi connectivity index (χ0v) is 8.55. The average Bonchev–Trinajstić information content (AvgIpc) is 2.81. The van der Waals surface area contributed by atoms with Crippen LogP contribution >= 0.6 is 22.6 Å². The third-order valence-corrected chi connectivity index (χ3v) is 2.38. The van der Waals surface area contributed by atoms with E-state index in [1.54, 1.807) is 12.1 Å². The van der Waals surface area contributed by atoms with Gasteiger partial charge in [-0.05, 0) is 53.6 Å². The summed E-state index contributed by atoms with van der Waals surface area (Å²) >= 11 is 2.14. The second kappa shape index (κ2) is 3.20. The molecule has 0 bridgehead atoms. The average molecular weight is 278 g/mol. The molecule has 0 atom stereocenters. The largest absolute Gasteiger partial charge is 0.487 e. The van der Waals surface area contributed by atoms with E-state index in [-0.39, 0.29) is 11.9 Å². The topological polar surface area (TPSA) is 9.23 Å². The van der Waals surface area contributed by atoms with Crippen molar-refractivity contribution in [3.63, 3.8) is 0 Å². The molecule has 0 N–H and O–H groups in total. The minimum atomic E-state index is -0.262. The number of ether oxygens (including phenoxy) is 1. The Morgan fingerprint density at radius 2 is 2.17 bits per heavy atom. The summed E-state index contributed by atoms with van der Waals surface area (Å²) in [5, 5.41) is 0. The molecular formula is C9H8FIO. The SMILES string of the molecule is Fc1ccc(I)cc1OC1CC1. The van der Waals surface area contributed by atoms with Gasteiger partial charge in [0, 0.05) is 3.57 Å². The van der Waals surface area contributed by atoms with Crippen LogP contribution in [0.3, 0.4) is 0 Å². The number of rotatable bonds is 2. The summed E-state index contributed by atoms with van der Waals surface area (Å²) < 4.78 is 19.4. The van der Waals surface area contributed by atoms with Crippen LogP contribution in [0.4, 0.5) is 4.39 Å². The molecule has 0 saturated heterocycles. The Bertz CT molecular complexity index is 297. The highest BCUT2D eigenvalue weighted by molar-refractivity contribution is 14.1. The van der Waals surface area contributed by atoms with E-state index < -0.39 is 0 Å². The lowest BCUT2D eigenvalue weighted by molar-refractivity contribution is 0.287. The second-order valence-corrected chi connectivity index (χ2v) is 4.14. The van der Waals surface area contributed by atoms with E-state index >= 15 is 0 Å². The Kier molecular flexibility index (Phi) is 2.21. The van der Waals surface area contributed by atoms with E-state index in [0.717, 1.165) is 16.4 Å². The summed E-state index contributed by atoms with van der Waals surface area (Å²) in [4.78, 5) is 0. The standard InChI is InChI=1S/C9H8FIO/c10-8-4-1-6(11)5-9(8)12-7-2-3-7/h1,4-5,7H,2-3H2. The molecular weight excluding hydrogens is 270 g/mol. The summed E-state index contributed by atoms with van der Waals surface area (Å²) in [6.07, 6.45) is 2.38. The maximum Gasteiger partial charge on any atom is 0.165 e. The van der Waals surface area contributed by atoms with Crippen molar-refractivity contribution in [1.82, 2.24) is 0 Å². The van der Waals surface area contributed by atoms with Crippen LogP contribution < -0.4 is 4.74 Å². The van der Waals surface area contributed by atoms with Gasteiger partial charge in [0.05, 0.1) is 6.10 Å². The zero-order chi connectivity index (χ0) is 8.55. The normalized spacial score (nSPS) is 16.2. The molecule has 0 aliphatic heterocycles. The molecule has 0 heterocycles. The van der Waals surface area contributed by atoms with Crippen molar-refractivity contribution >= 4 is 22.6 Å². The van der Waals surface area contributed by atoms with Crippen molar-refractivity contribution in [2.45, 2.75) is 18.9 Å². The molecule has 1 fully saturated rings. The van der Waals surface area contributed by atoms with Gasteiger partial charge in [0.2, 0.25) is 0 Å². The molecule has 0 unspecified atom stereocenters. The maximum atomic E-state index is 13.0. The molecule has 1 aliphatic rings. The van der Waals surface area contributed by atoms with Crippen LogP contribution in [0.2, 0.25) is 0 Å². The molecule has 64 valence electrons. The summed E-state index contributed by atoms with van der Waals surface area (Å²) in [6.45, 7) is 0. The van der Waals surface area contributed by atoms with E-state index in [0.29, 0.717) is 5.75 Å². The van der Waals surface area contributed by atoms with E-state index in [2.05, 4.69) is 22.6 Å². The summed E-state index contributed by atoms with van der Waals surface area (Å²) in [7, 11) is 0. The number of hydrogen-bond acceptors (Lipinski definition) is 1. The van der Waals surface area contributed by atoms with Gasteiger partial charge >= 0.3 is 0 Å². The van der Waals surface area contributed by atoms with Gasteiger partial charge in [-0.25, -0.2) is 4.39 Å². The van der Waals surface area contributed by atoms with Gasteiger partial charge in [-0.3, -0.25) is 0 Å². The van der Waals surface area contributed by atoms with Crippen LogP contribution in [0.5, 0.6) is 5.75 Å². The fourth-order valence-electron chi connectivity index (χ4n) is 0.933. The Labute approximate surface area is 84.1 Å². The minimum absolute atomic E-state index is 0.262. The minimum Gasteiger partial charge on any atom is -0.487 e. The van der Waals surface area contributed by atoms with E-state index in [1.807, 2.05) is 0 Å². The van der Waals surface area contributed by atoms with E-state index in [9.17, 15) is 4.39 Å². The van der Waals surface area contributed by atoms with Crippen LogP contribution in [0.15, 0.2) is 18.2 Å². The third-order valence-electron chi connectivity index (χ3n) is 1.71. The molecule has 0 aromatic heterocycles. The summed E-state index contributed by atoms with van der Waals surface area (Å²) in [6, 6.07) is 4.91. The molecule has 3 heteroatoms. The van der Waals surface area contributed by atoms with Crippen molar-refractivity contribution < 1.29 is 9.13 Å². The van der Waals surface area contributed by atoms with Gasteiger partial charge in [0.1, 0.15) is 0 Å². The van der Waals surface area contributed by atoms with E-state index in [4.69, 9.17) is 4.74 Å². The van der Waals surface area contributed by atoms with Crippen molar-refractivity contribution in [3.8, 4) is 5.75 Å². The quantitative estimate of drug-likeness (QED) is 0.756. The highest BCUT2D eigenvalue weighted by Crippen LogP contribution is 2.29. The van der Waals surface area contributed by atoms with Crippen molar-refractivity contribution in [2.75, 3.05) is 0 Å². The van der Waals surface area contributed by atoms with Crippen LogP contribution in [-0.2, 0) is 0 Å². The van der Waals surface area contributed by atoms with Crippen molar-refractivity contribution in [2.24, 2.45) is 0 Å². The highest BCUT2D eigenvalue weighted by Gasteiger charge is 2.24. The van der Waals surface area contributed by atoms with E-state index in [1.165, 1.54) is 6.07 Å². The first-order chi connectivity index (χ1) is 5.75. The molecule has 2 rings (SSSR count). The Balaban J connectivity index is 2.21. The monoisotopic (exact) mass is 278 g/mol. The smallest absolute Gasteiger partial charge is 0.165 e. The fraction of sp³-hybridized carbons (Fsp3) is 0.333. The number of benzene rings is 1. The van der Waals surface area contributed by atoms with Gasteiger partial charge in [-0.15, -0.1) is 0 Å². The molecule has 0 amide bonds. The molecule has 1 aliphatic carbocycles. The number of hydrogen-bond donors (Lipinski definition) is 0. The Hall–Kier alpha value is -0.320. The lowest BCUT2D eigenvalue weighted by atomic mass is 10.3. The predicted molar refractivity (Wildman–Crippen MR) is 52.8 cm³/mol. The maximum absolute atomic E-state index is 13.0. The molecule has 12 heavy (non-hydrogen) atoms. The predicted octanol–water partition coefficient (Wildman–Crippen LogP) is 2.97. The molecule has 0 spiro atoms. The lowest BCUT2D eigenvalue weighted by Crippen LogP contribution is -1.98. The molecule has 1 nitrogen and oxygen atoms in total. The molecule has 1 saturated carbocycles. The van der Waals surface area contributed by atoms with Crippen LogP contribution in [0, 0.1) is 9.39 Å². The second-order valence-electron chi connectivity index (χ2n) is 2.89. The number of halogens is 2. The third kappa shape index (κ3) is 1.88. The fourth-order valence-corrected chi connectivity index (χ4v) is 1.40. The van der Waals surface area contributed by atoms with Gasteiger partial charge in [0.25, 0.3) is 0 Å². The first kappa shape index (κ1) is 8.29. The molecule has 1 aromatic carbocycles. The van der Waals surface area contributed by atoms with Gasteiger partial charge < -0.3 is 4.74 Å². The van der Waals surface area contributed by atoms with Gasteiger partial charge in [0.15, 0.2) is 11.6 Å². The molecule has 0 radical (unpaired) electrons. The van der Waals surface area contributed by atoms with Crippen molar-refractivity contribution in [3.05, 3.63) is 27.6 Å². The molecule has 1 aromatic rings. The zero-order valence-electron chi connectivity index (χ0n) is 6.39. The van der Waals surface area contributed by atoms with Crippen LogP contribution in [0.1, 0.15) is 12.8 Å². The van der Waals surface area contributed by atoms with Gasteiger partial charge in [-0.2, -0.15) is 0 Å². The Morgan fingerprint density at radius 1 is 1.42 bits per heavy atom. The first-order valence-electron chi connectivity index (χ1n) is 3.87. The van der Waals surface area contributed by atoms with Gasteiger partial charge in [-0.1, -0.05) is 0 Å². The summed E-state index contributed by atoms with van der Waals surface area (Å²) in [5.41, 5.74) is 0. The van der Waals surface area contributed by atoms with Crippen LogP contribution in [-0.4, -0.2) is 6.10 Å². The first-order valence-corrected chi connectivity index (χ1v) is 4.95. The summed E-state index contributed by atoms with van der Waals surface area (Å²) in [5.74, 6) is 0.131. The highest BCUT2D eigenvalue weighted by atomic mass is 127. The van der Waals surface area contributed by atoms with Crippen molar-refractivity contribution in [1.29, 1.82) is 0 Å². The Morgan fingerprint density at radius 3 is 2.83 bits per heavy atom. The van der Waals surface area contributed by atoms with Crippen LogP contribution in [0.25, 0.3) is 0 Å². The lowest BCUT2D eigenvalue weighted by Gasteiger charge is -2.05.